The van der Waals surface area contributed by atoms with E-state index < -0.39 is 51.6 Å². The lowest BCUT2D eigenvalue weighted by Crippen LogP contribution is -2.56. The zero-order chi connectivity index (χ0) is 30.9. The molecule has 0 fully saturated rings. The lowest BCUT2D eigenvalue weighted by atomic mass is 9.82. The zero-order valence-corrected chi connectivity index (χ0v) is 24.3. The van der Waals surface area contributed by atoms with Crippen LogP contribution in [0.3, 0.4) is 0 Å². The first kappa shape index (κ1) is 32.0. The molecule has 1 atom stereocenters. The minimum absolute atomic E-state index is 0.136. The van der Waals surface area contributed by atoms with E-state index in [1.165, 1.54) is 36.4 Å². The van der Waals surface area contributed by atoms with Crippen LogP contribution in [0.4, 0.5) is 0 Å². The quantitative estimate of drug-likeness (QED) is 0.238. The minimum Gasteiger partial charge on any atom is -0.481 e. The summed E-state index contributed by atoms with van der Waals surface area (Å²) >= 11 is 0. The van der Waals surface area contributed by atoms with E-state index in [9.17, 15) is 32.7 Å². The van der Waals surface area contributed by atoms with Gasteiger partial charge in [0.15, 0.2) is 0 Å². The van der Waals surface area contributed by atoms with Gasteiger partial charge >= 0.3 is 5.97 Å². The Kier molecular flexibility index (Phi) is 10.6. The summed E-state index contributed by atoms with van der Waals surface area (Å²) in [5, 5.41) is 11.9. The average molecular weight is 596 g/mol. The van der Waals surface area contributed by atoms with Crippen molar-refractivity contribution in [2.24, 2.45) is 5.41 Å². The third-order valence-corrected chi connectivity index (χ3v) is 7.70. The third-order valence-electron chi connectivity index (χ3n) is 6.04. The number of carbonyl (C=O) groups excluding carboxylic acids is 3. The molecule has 222 valence electrons. The molecule has 3 rings (SSSR count). The van der Waals surface area contributed by atoms with Crippen LogP contribution in [0.25, 0.3) is 0 Å². The summed E-state index contributed by atoms with van der Waals surface area (Å²) < 4.78 is 33.3. The van der Waals surface area contributed by atoms with Crippen LogP contribution in [0.1, 0.15) is 44.0 Å². The molecule has 0 aliphatic carbocycles. The lowest BCUT2D eigenvalue weighted by molar-refractivity contribution is -0.140. The summed E-state index contributed by atoms with van der Waals surface area (Å²) in [6.07, 6.45) is -0.450. The van der Waals surface area contributed by atoms with Crippen LogP contribution in [-0.4, -0.2) is 54.1 Å². The summed E-state index contributed by atoms with van der Waals surface area (Å²) in [6.45, 7) is 3.70. The summed E-state index contributed by atoms with van der Waals surface area (Å²) in [4.78, 5) is 49.6. The van der Waals surface area contributed by atoms with E-state index in [0.29, 0.717) is 15.9 Å². The van der Waals surface area contributed by atoms with Crippen molar-refractivity contribution in [3.8, 4) is 11.5 Å². The molecule has 3 aromatic rings. The first-order chi connectivity index (χ1) is 19.8. The number of amides is 2. The van der Waals surface area contributed by atoms with E-state index in [2.05, 4.69) is 10.7 Å². The maximum absolute atomic E-state index is 13.5. The number of nitrogens with zero attached hydrogens (tertiary/aromatic N) is 1. The normalized spacial score (nSPS) is 12.3. The molecule has 0 unspecified atom stereocenters. The number of Topliss-reactive ketones (excluding diaryl/α,β-unsaturated/α-hetero) is 1. The summed E-state index contributed by atoms with van der Waals surface area (Å²) in [5.41, 5.74) is 1.55. The Morgan fingerprint density at radius 1 is 0.881 bits per heavy atom. The lowest BCUT2D eigenvalue weighted by Gasteiger charge is -2.30. The number of aliphatic carboxylic acids is 1. The first-order valence-electron chi connectivity index (χ1n) is 13.0. The molecule has 11 nitrogen and oxygen atoms in total. The second kappa shape index (κ2) is 13.9. The summed E-state index contributed by atoms with van der Waals surface area (Å²) in [6, 6.07) is 21.0. The van der Waals surface area contributed by atoms with E-state index in [-0.39, 0.29) is 23.3 Å². The molecule has 0 aliphatic heterocycles. The molecule has 3 N–H and O–H groups in total. The van der Waals surface area contributed by atoms with Gasteiger partial charge in [0.05, 0.1) is 17.9 Å². The molecule has 0 aromatic heterocycles. The Balaban J connectivity index is 1.86. The maximum Gasteiger partial charge on any atom is 0.303 e. The van der Waals surface area contributed by atoms with Crippen LogP contribution in [0.15, 0.2) is 89.8 Å². The second-order valence-electron chi connectivity index (χ2n) is 10.4. The van der Waals surface area contributed by atoms with Crippen LogP contribution >= 0.6 is 0 Å². The topological polar surface area (TPSA) is 159 Å². The highest BCUT2D eigenvalue weighted by Crippen LogP contribution is 2.28. The number of ketones is 1. The molecule has 0 saturated carbocycles. The van der Waals surface area contributed by atoms with Crippen molar-refractivity contribution in [1.29, 1.82) is 0 Å². The third kappa shape index (κ3) is 9.25. The number of hydrogen-bond donors (Lipinski definition) is 3. The van der Waals surface area contributed by atoms with Crippen LogP contribution in [0.5, 0.6) is 11.5 Å². The van der Waals surface area contributed by atoms with Crippen molar-refractivity contribution in [1.82, 2.24) is 15.2 Å². The highest BCUT2D eigenvalue weighted by molar-refractivity contribution is 7.89. The van der Waals surface area contributed by atoms with Crippen molar-refractivity contribution in [3.05, 3.63) is 90.5 Å². The predicted molar refractivity (Wildman–Crippen MR) is 154 cm³/mol. The number of nitrogens with one attached hydrogen (secondary N) is 2. The molecule has 0 saturated heterocycles. The fraction of sp³-hybridized carbons (Fsp3) is 0.267. The van der Waals surface area contributed by atoms with Crippen molar-refractivity contribution < 1.29 is 37.4 Å². The number of para-hydroxylation sites is 1. The number of hydrogen-bond acceptors (Lipinski definition) is 7. The van der Waals surface area contributed by atoms with Crippen LogP contribution in [0, 0.1) is 5.41 Å². The largest absolute Gasteiger partial charge is 0.481 e. The van der Waals surface area contributed by atoms with Crippen LogP contribution < -0.4 is 15.5 Å². The van der Waals surface area contributed by atoms with E-state index >= 15 is 0 Å². The Morgan fingerprint density at radius 3 is 1.98 bits per heavy atom. The smallest absolute Gasteiger partial charge is 0.303 e. The highest BCUT2D eigenvalue weighted by atomic mass is 32.2. The molecule has 0 spiro atoms. The van der Waals surface area contributed by atoms with Gasteiger partial charge in [-0.1, -0.05) is 50.2 Å². The Morgan fingerprint density at radius 2 is 1.43 bits per heavy atom. The molecule has 12 heteroatoms. The molecular formula is C30H33N3O8S. The fourth-order valence-corrected chi connectivity index (χ4v) is 5.39. The maximum atomic E-state index is 13.5. The number of carboxylic acids is 1. The van der Waals surface area contributed by atoms with Crippen molar-refractivity contribution in [3.63, 3.8) is 0 Å². The number of carboxylic acid groups (broad SMARTS) is 1. The van der Waals surface area contributed by atoms with Crippen molar-refractivity contribution in [2.45, 2.75) is 44.6 Å². The molecular weight excluding hydrogens is 562 g/mol. The van der Waals surface area contributed by atoms with Gasteiger partial charge < -0.3 is 15.2 Å². The molecule has 0 heterocycles. The van der Waals surface area contributed by atoms with Crippen LogP contribution in [-0.2, 0) is 24.4 Å². The molecule has 0 bridgehead atoms. The average Bonchev–Trinajstić information content (AvgIpc) is 2.92. The summed E-state index contributed by atoms with van der Waals surface area (Å²) in [5.74, 6) is -2.30. The van der Waals surface area contributed by atoms with E-state index in [0.717, 1.165) is 6.92 Å². The molecule has 0 radical (unpaired) electrons. The number of sulfonamides is 1. The monoisotopic (exact) mass is 595 g/mol. The molecule has 3 aromatic carbocycles. The first-order valence-corrected chi connectivity index (χ1v) is 14.4. The van der Waals surface area contributed by atoms with Gasteiger partial charge in [-0.05, 0) is 67.3 Å². The number of hydrazine groups is 1. The SMILES string of the molecule is CC(=O)CN(NC(=O)[C@H](CC(C)(C)CC(=O)O)NC(=O)c1ccccc1)S(=O)(=O)c1ccc(Oc2ccccc2)cc1. The highest BCUT2D eigenvalue weighted by Gasteiger charge is 2.35. The molecule has 42 heavy (non-hydrogen) atoms. The summed E-state index contributed by atoms with van der Waals surface area (Å²) in [7, 11) is -4.44. The predicted octanol–water partition coefficient (Wildman–Crippen LogP) is 3.78. The number of carbonyl (C=O) groups is 4. The Bertz CT molecular complexity index is 1510. The standard InChI is InChI=1S/C30H33N3O8S/c1-21(34)20-33(42(39,40)25-16-14-24(15-17-25)41-23-12-8-5-9-13-23)32-29(38)26(18-30(2,3)19-27(35)36)31-28(37)22-10-6-4-7-11-22/h4-17,26H,18-20H2,1-3H3,(H,31,37)(H,32,38)(H,35,36)/t26-/m0/s1. The van der Waals surface area contributed by atoms with Gasteiger partial charge in [0.1, 0.15) is 23.3 Å². The Labute approximate surface area is 244 Å². The van der Waals surface area contributed by atoms with Gasteiger partial charge in [-0.3, -0.25) is 24.6 Å². The van der Waals surface area contributed by atoms with E-state index in [4.69, 9.17) is 4.74 Å². The Hall–Kier alpha value is -4.55. The second-order valence-corrected chi connectivity index (χ2v) is 12.3. The van der Waals surface area contributed by atoms with E-state index in [1.807, 2.05) is 6.07 Å². The zero-order valence-electron chi connectivity index (χ0n) is 23.4. The van der Waals surface area contributed by atoms with Crippen molar-refractivity contribution in [2.75, 3.05) is 6.54 Å². The van der Waals surface area contributed by atoms with Crippen LogP contribution in [0.2, 0.25) is 0 Å². The van der Waals surface area contributed by atoms with Gasteiger partial charge in [-0.25, -0.2) is 8.42 Å². The van der Waals surface area contributed by atoms with E-state index in [1.54, 1.807) is 56.3 Å². The van der Waals surface area contributed by atoms with Gasteiger partial charge in [0, 0.05) is 5.56 Å². The van der Waals surface area contributed by atoms with Crippen molar-refractivity contribution >= 4 is 33.6 Å². The molecule has 2 amide bonds. The number of rotatable bonds is 14. The number of ether oxygens (including phenoxy) is 1. The van der Waals surface area contributed by atoms with Gasteiger partial charge in [-0.2, -0.15) is 0 Å². The number of benzene rings is 3. The van der Waals surface area contributed by atoms with Gasteiger partial charge in [-0.15, -0.1) is 4.41 Å². The fourth-order valence-electron chi connectivity index (χ4n) is 4.09. The molecule has 0 aliphatic rings. The van der Waals surface area contributed by atoms with Gasteiger partial charge in [0.25, 0.3) is 21.8 Å². The minimum atomic E-state index is -4.44. The van der Waals surface area contributed by atoms with Gasteiger partial charge in [0.2, 0.25) is 0 Å².